The van der Waals surface area contributed by atoms with Gasteiger partial charge in [-0.05, 0) is 254 Å². The Morgan fingerprint density at radius 3 is 1.36 bits per heavy atom. The smallest absolute Gasteiger partial charge is 0.317 e. The summed E-state index contributed by atoms with van der Waals surface area (Å²) in [6, 6.07) is 34.2. The molecule has 9 heterocycles. The summed E-state index contributed by atoms with van der Waals surface area (Å²) < 4.78 is 27.9. The molecule has 8 fully saturated rings. The number of anilines is 2. The van der Waals surface area contributed by atoms with E-state index in [-0.39, 0.29) is 24.1 Å². The largest absolute Gasteiger partial charge is 0.368 e. The molecule has 2 atom stereocenters. The lowest BCUT2D eigenvalue weighted by molar-refractivity contribution is 0.0999. The number of sulfonamides is 1. The summed E-state index contributed by atoms with van der Waals surface area (Å²) in [7, 11) is -3.63. The fraction of sp³-hybridized carbons (Fsp3) is 0.640. The molecule has 8 aliphatic heterocycles. The SMILES string of the molecule is Cc1cccc(N2CCN(C(=O)NCCCN3CCCCC3)CC2)c1.Cc1cccc(N2CCN(C(=O)NCCCN3CCCCC3)CC2C)c1.O=C(NCCCN1CCCCC1)N1CCN(C2CCCc3ccccc32)CC1.O=C(NCCCN1CCCCC1)N1CCN(S(=O)(=O)c2cccc3cnccc23)CC1. The van der Waals surface area contributed by atoms with Crippen LogP contribution in [0.5, 0.6) is 0 Å². The van der Waals surface area contributed by atoms with E-state index in [9.17, 15) is 27.6 Å². The molecule has 8 saturated heterocycles. The number of nitrogens with one attached hydrogen (secondary N) is 4. The van der Waals surface area contributed by atoms with Gasteiger partial charge in [-0.3, -0.25) is 9.88 Å². The van der Waals surface area contributed by atoms with Gasteiger partial charge in [0, 0.05) is 171 Å². The molecular formula is C86H133N17O6S. The first-order valence-corrected chi connectivity index (χ1v) is 44.0. The third-order valence-electron chi connectivity index (χ3n) is 23.9. The number of nitrogens with zero attached hydrogens (tertiary/aromatic N) is 13. The van der Waals surface area contributed by atoms with Crippen LogP contribution in [0.25, 0.3) is 10.8 Å². The summed E-state index contributed by atoms with van der Waals surface area (Å²) in [4.78, 5) is 79.2. The fourth-order valence-electron chi connectivity index (χ4n) is 17.4. The van der Waals surface area contributed by atoms with Crippen molar-refractivity contribution < 1.29 is 27.6 Å². The van der Waals surface area contributed by atoms with Gasteiger partial charge in [0.15, 0.2) is 0 Å². The highest BCUT2D eigenvalue weighted by Gasteiger charge is 2.34. The number of likely N-dealkylation sites (tertiary alicyclic amines) is 4. The fourth-order valence-corrected chi connectivity index (χ4v) is 19.1. The van der Waals surface area contributed by atoms with E-state index < -0.39 is 10.0 Å². The van der Waals surface area contributed by atoms with Crippen molar-refractivity contribution in [1.82, 2.24) is 74.7 Å². The number of piperidine rings is 4. The second-order valence-corrected chi connectivity index (χ2v) is 33.9. The molecule has 0 saturated carbocycles. The predicted molar refractivity (Wildman–Crippen MR) is 445 cm³/mol. The van der Waals surface area contributed by atoms with Crippen LogP contribution in [-0.4, -0.2) is 295 Å². The lowest BCUT2D eigenvalue weighted by atomic mass is 9.86. The molecule has 8 amide bonds. The standard InChI is InChI=1S/C23H36N4O.C22H31N5O3S.C21H34N4O.C20H32N4O/c28-23(24-12-7-15-25-13-4-1-5-14-25)27-18-16-26(17-19-27)22-11-6-9-20-8-2-3-10-21(20)22;28-22(24-9-5-13-25-11-2-1-3-12-25)26-14-16-27(17-15-26)31(29,30)21-7-4-6-19-18-23-10-8-20(19)21;1-18-8-6-9-20(16-18)25-15-14-24(17-19(25)2)21(26)22-10-7-13-23-11-4-3-5-12-23;1-18-7-5-8-19(17-18)23-13-15-24(16-14-23)20(25)21-9-6-12-22-10-3-2-4-11-22/h2-3,8,10,22H,1,4-7,9,11-19H2,(H,24,28);4,6-8,10,18H,1-3,5,9,11-17H2,(H,24,28);6,8-9,16,19H,3-5,7,10-15,17H2,1-2H3,(H,22,26);5,7-8,17H,2-4,6,9-16H2,1H3,(H,21,25). The number of benzene rings is 4. The van der Waals surface area contributed by atoms with Crippen LogP contribution in [0.4, 0.5) is 30.6 Å². The normalized spacial score (nSPS) is 20.9. The van der Waals surface area contributed by atoms with E-state index in [0.717, 1.165) is 162 Å². The predicted octanol–water partition coefficient (Wildman–Crippen LogP) is 11.2. The first kappa shape index (κ1) is 83.6. The summed E-state index contributed by atoms with van der Waals surface area (Å²) in [5, 5.41) is 13.8. The molecule has 14 rings (SSSR count). The minimum atomic E-state index is -3.63. The Morgan fingerprint density at radius 2 is 0.873 bits per heavy atom. The molecule has 5 aromatic rings. The summed E-state index contributed by atoms with van der Waals surface area (Å²) in [6.45, 7) is 34.5. The van der Waals surface area contributed by atoms with Gasteiger partial charge >= 0.3 is 24.1 Å². The molecule has 23 nitrogen and oxygen atoms in total. The number of pyridine rings is 1. The van der Waals surface area contributed by atoms with E-state index in [0.29, 0.717) is 55.1 Å². The zero-order valence-electron chi connectivity index (χ0n) is 67.1. The van der Waals surface area contributed by atoms with Crippen molar-refractivity contribution >= 4 is 56.3 Å². The number of hydrogen-bond donors (Lipinski definition) is 4. The van der Waals surface area contributed by atoms with Gasteiger partial charge in [-0.25, -0.2) is 27.6 Å². The number of hydrogen-bond acceptors (Lipinski definition) is 14. The Morgan fingerprint density at radius 1 is 0.436 bits per heavy atom. The van der Waals surface area contributed by atoms with E-state index in [2.05, 4.69) is 154 Å². The topological polar surface area (TPSA) is 202 Å². The summed E-state index contributed by atoms with van der Waals surface area (Å²) in [5.74, 6) is 0. The third kappa shape index (κ3) is 25.6. The molecule has 110 heavy (non-hydrogen) atoms. The Labute approximate surface area is 659 Å². The van der Waals surface area contributed by atoms with E-state index in [1.807, 2.05) is 20.8 Å². The average molecular weight is 1530 g/mol. The Kier molecular flexibility index (Phi) is 33.6. The van der Waals surface area contributed by atoms with Crippen LogP contribution in [0.1, 0.15) is 151 Å². The quantitative estimate of drug-likeness (QED) is 0.0505. The van der Waals surface area contributed by atoms with Crippen molar-refractivity contribution in [2.24, 2.45) is 0 Å². The number of carbonyl (C=O) groups is 4. The van der Waals surface area contributed by atoms with E-state index >= 15 is 0 Å². The maximum Gasteiger partial charge on any atom is 0.317 e. The van der Waals surface area contributed by atoms with Crippen LogP contribution in [-0.2, 0) is 16.4 Å². The van der Waals surface area contributed by atoms with Crippen LogP contribution in [0.3, 0.4) is 0 Å². The van der Waals surface area contributed by atoms with E-state index in [1.165, 1.54) is 174 Å². The molecular weight excluding hydrogens is 1400 g/mol. The monoisotopic (exact) mass is 1530 g/mol. The molecule has 1 aromatic heterocycles. The molecule has 0 bridgehead atoms. The van der Waals surface area contributed by atoms with Crippen molar-refractivity contribution in [3.8, 4) is 0 Å². The Bertz CT molecular complexity index is 3710. The van der Waals surface area contributed by atoms with Crippen molar-refractivity contribution in [2.75, 3.05) is 213 Å². The summed E-state index contributed by atoms with van der Waals surface area (Å²) in [6.07, 6.45) is 27.1. The lowest BCUT2D eigenvalue weighted by Crippen LogP contribution is -2.56. The zero-order valence-corrected chi connectivity index (χ0v) is 67.9. The van der Waals surface area contributed by atoms with Gasteiger partial charge in [-0.15, -0.1) is 0 Å². The molecule has 4 N–H and O–H groups in total. The van der Waals surface area contributed by atoms with Crippen molar-refractivity contribution in [2.45, 2.75) is 160 Å². The average Bonchev–Trinajstić information content (AvgIpc) is 0.766. The molecule has 4 aromatic carbocycles. The number of amides is 8. The molecule has 0 spiro atoms. The number of rotatable bonds is 21. The Hall–Kier alpha value is -7.32. The minimum Gasteiger partial charge on any atom is -0.368 e. The van der Waals surface area contributed by atoms with Crippen LogP contribution < -0.4 is 31.1 Å². The van der Waals surface area contributed by atoms with Crippen LogP contribution in [0, 0.1) is 13.8 Å². The van der Waals surface area contributed by atoms with Crippen LogP contribution >= 0.6 is 0 Å². The summed E-state index contributed by atoms with van der Waals surface area (Å²) in [5.41, 5.74) is 8.13. The molecule has 604 valence electrons. The second-order valence-electron chi connectivity index (χ2n) is 32.0. The van der Waals surface area contributed by atoms with Gasteiger partial charge in [0.1, 0.15) is 0 Å². The number of fused-ring (bicyclic) bond motifs is 2. The van der Waals surface area contributed by atoms with Crippen LogP contribution in [0.15, 0.2) is 114 Å². The first-order chi connectivity index (χ1) is 53.7. The maximum atomic E-state index is 13.2. The van der Waals surface area contributed by atoms with Gasteiger partial charge in [-0.2, -0.15) is 4.31 Å². The van der Waals surface area contributed by atoms with Crippen molar-refractivity contribution in [1.29, 1.82) is 0 Å². The molecule has 2 unspecified atom stereocenters. The third-order valence-corrected chi connectivity index (χ3v) is 25.8. The first-order valence-electron chi connectivity index (χ1n) is 42.5. The molecule has 0 radical (unpaired) electrons. The summed E-state index contributed by atoms with van der Waals surface area (Å²) >= 11 is 0. The van der Waals surface area contributed by atoms with Crippen LogP contribution in [0.2, 0.25) is 0 Å². The van der Waals surface area contributed by atoms with Gasteiger partial charge in [0.2, 0.25) is 10.0 Å². The highest BCUT2D eigenvalue weighted by atomic mass is 32.2. The minimum absolute atomic E-state index is 0.0967. The van der Waals surface area contributed by atoms with Crippen molar-refractivity contribution in [3.63, 3.8) is 0 Å². The Balaban J connectivity index is 0.000000146. The zero-order chi connectivity index (χ0) is 76.7. The van der Waals surface area contributed by atoms with E-state index in [4.69, 9.17) is 0 Å². The molecule has 9 aliphatic rings. The van der Waals surface area contributed by atoms with Gasteiger partial charge in [0.05, 0.1) is 4.90 Å². The lowest BCUT2D eigenvalue weighted by Gasteiger charge is -2.41. The van der Waals surface area contributed by atoms with Gasteiger partial charge in [-0.1, -0.05) is 86.3 Å². The van der Waals surface area contributed by atoms with Crippen molar-refractivity contribution in [3.05, 3.63) is 132 Å². The number of piperazine rings is 4. The highest BCUT2D eigenvalue weighted by Crippen LogP contribution is 2.35. The number of urea groups is 4. The van der Waals surface area contributed by atoms with Gasteiger partial charge in [0.25, 0.3) is 0 Å². The highest BCUT2D eigenvalue weighted by molar-refractivity contribution is 7.89. The number of carbonyl (C=O) groups excluding carboxylic acids is 4. The second kappa shape index (κ2) is 44.2. The number of aromatic nitrogens is 1. The molecule has 1 aliphatic carbocycles. The molecule has 24 heteroatoms. The number of aryl methyl sites for hydroxylation is 3. The van der Waals surface area contributed by atoms with E-state index in [1.54, 1.807) is 35.5 Å². The van der Waals surface area contributed by atoms with Gasteiger partial charge < -0.3 is 70.3 Å². The maximum absolute atomic E-state index is 13.2.